The molecule has 1 aromatic rings. The fourth-order valence-corrected chi connectivity index (χ4v) is 1.68. The molecule has 3 heteroatoms. The maximum atomic E-state index is 8.88. The monoisotopic (exact) mass is 192 g/mol. The number of nitrogens with zero attached hydrogens (tertiary/aromatic N) is 1. The van der Waals surface area contributed by atoms with Gasteiger partial charge in [-0.15, -0.1) is 0 Å². The fourth-order valence-electron chi connectivity index (χ4n) is 1.35. The van der Waals surface area contributed by atoms with Gasteiger partial charge in [-0.3, -0.25) is 0 Å². The Morgan fingerprint density at radius 1 is 1.62 bits per heavy atom. The van der Waals surface area contributed by atoms with Crippen LogP contribution in [0.4, 0.5) is 0 Å². The minimum absolute atomic E-state index is 0.561. The fraction of sp³-hybridized carbons (Fsp3) is 0.400. The maximum absolute atomic E-state index is 8.88. The molecule has 1 aromatic heterocycles. The highest BCUT2D eigenvalue weighted by atomic mass is 32.1. The number of aromatic amines is 1. The van der Waals surface area contributed by atoms with Crippen LogP contribution in [-0.4, -0.2) is 4.98 Å². The Hall–Kier alpha value is -1.14. The van der Waals surface area contributed by atoms with Crippen molar-refractivity contribution in [1.29, 1.82) is 5.26 Å². The highest BCUT2D eigenvalue weighted by molar-refractivity contribution is 7.71. The van der Waals surface area contributed by atoms with Gasteiger partial charge in [0.1, 0.15) is 10.7 Å². The summed E-state index contributed by atoms with van der Waals surface area (Å²) in [6.07, 6.45) is 1.95. The van der Waals surface area contributed by atoms with Crippen molar-refractivity contribution in [1.82, 2.24) is 4.98 Å². The Bertz CT molecular complexity index is 398. The molecular formula is C10H12N2S. The van der Waals surface area contributed by atoms with Gasteiger partial charge in [0.2, 0.25) is 0 Å². The summed E-state index contributed by atoms with van der Waals surface area (Å²) in [6, 6.07) is 4.14. The second-order valence-electron chi connectivity index (χ2n) is 3.04. The number of H-pyrrole nitrogens is 1. The van der Waals surface area contributed by atoms with Gasteiger partial charge in [-0.2, -0.15) is 5.26 Å². The Morgan fingerprint density at radius 3 is 2.85 bits per heavy atom. The summed E-state index contributed by atoms with van der Waals surface area (Å²) in [5, 5.41) is 8.88. The summed E-state index contributed by atoms with van der Waals surface area (Å²) in [5.41, 5.74) is 2.71. The highest BCUT2D eigenvalue weighted by Gasteiger charge is 2.03. The van der Waals surface area contributed by atoms with E-state index in [4.69, 9.17) is 17.5 Å². The topological polar surface area (TPSA) is 39.6 Å². The lowest BCUT2D eigenvalue weighted by Gasteiger charge is -2.03. The maximum Gasteiger partial charge on any atom is 0.121 e. The summed E-state index contributed by atoms with van der Waals surface area (Å²) in [7, 11) is 0. The van der Waals surface area contributed by atoms with Crippen molar-refractivity contribution >= 4 is 12.2 Å². The van der Waals surface area contributed by atoms with E-state index in [-0.39, 0.29) is 0 Å². The predicted octanol–water partition coefficient (Wildman–Crippen LogP) is 2.88. The number of hydrogen-bond acceptors (Lipinski definition) is 2. The third kappa shape index (κ3) is 2.16. The summed E-state index contributed by atoms with van der Waals surface area (Å²) >= 11 is 5.06. The molecule has 0 bridgehead atoms. The van der Waals surface area contributed by atoms with Crippen molar-refractivity contribution in [2.24, 2.45) is 0 Å². The lowest BCUT2D eigenvalue weighted by molar-refractivity contribution is 0.908. The first kappa shape index (κ1) is 9.94. The SMILES string of the molecule is CCCc1cc(C)[nH]c(=S)c1C#N. The van der Waals surface area contributed by atoms with Crippen LogP contribution in [0, 0.1) is 22.9 Å². The van der Waals surface area contributed by atoms with E-state index in [0.29, 0.717) is 10.2 Å². The van der Waals surface area contributed by atoms with Crippen LogP contribution in [-0.2, 0) is 6.42 Å². The van der Waals surface area contributed by atoms with Gasteiger partial charge in [0.05, 0.1) is 5.56 Å². The first-order valence-electron chi connectivity index (χ1n) is 4.32. The Kier molecular flexibility index (Phi) is 3.21. The molecule has 0 fully saturated rings. The van der Waals surface area contributed by atoms with Crippen LogP contribution >= 0.6 is 12.2 Å². The molecule has 0 atom stereocenters. The minimum atomic E-state index is 0.561. The molecule has 0 aliphatic heterocycles. The van der Waals surface area contributed by atoms with Gasteiger partial charge in [0, 0.05) is 5.69 Å². The van der Waals surface area contributed by atoms with E-state index in [0.717, 1.165) is 24.1 Å². The molecule has 0 saturated carbocycles. The molecule has 0 amide bonds. The van der Waals surface area contributed by atoms with Gasteiger partial charge in [0.25, 0.3) is 0 Å². The third-order valence-electron chi connectivity index (χ3n) is 1.88. The van der Waals surface area contributed by atoms with E-state index in [9.17, 15) is 0 Å². The Balaban J connectivity index is 3.32. The van der Waals surface area contributed by atoms with Gasteiger partial charge >= 0.3 is 0 Å². The number of nitriles is 1. The summed E-state index contributed by atoms with van der Waals surface area (Å²) in [4.78, 5) is 2.98. The van der Waals surface area contributed by atoms with E-state index < -0.39 is 0 Å². The standard InChI is InChI=1S/C10H12N2S/c1-3-4-8-5-7(2)12-10(13)9(8)6-11/h5H,3-4H2,1-2H3,(H,12,13). The molecular weight excluding hydrogens is 180 g/mol. The second kappa shape index (κ2) is 4.20. The van der Waals surface area contributed by atoms with E-state index in [1.165, 1.54) is 0 Å². The number of pyridine rings is 1. The van der Waals surface area contributed by atoms with Crippen LogP contribution in [0.1, 0.15) is 30.2 Å². The number of nitrogens with one attached hydrogen (secondary N) is 1. The molecule has 0 aromatic carbocycles. The Labute approximate surface area is 83.2 Å². The molecule has 0 aliphatic carbocycles. The molecule has 1 rings (SSSR count). The van der Waals surface area contributed by atoms with Crippen molar-refractivity contribution < 1.29 is 0 Å². The van der Waals surface area contributed by atoms with Crippen LogP contribution in [0.2, 0.25) is 0 Å². The molecule has 2 nitrogen and oxygen atoms in total. The average Bonchev–Trinajstić information content (AvgIpc) is 2.04. The molecule has 0 aliphatic rings. The average molecular weight is 192 g/mol. The van der Waals surface area contributed by atoms with E-state index >= 15 is 0 Å². The first-order chi connectivity index (χ1) is 6.19. The van der Waals surface area contributed by atoms with Crippen molar-refractivity contribution in [3.05, 3.63) is 27.5 Å². The highest BCUT2D eigenvalue weighted by Crippen LogP contribution is 2.12. The van der Waals surface area contributed by atoms with Gasteiger partial charge < -0.3 is 4.98 Å². The van der Waals surface area contributed by atoms with Gasteiger partial charge in [-0.1, -0.05) is 25.6 Å². The third-order valence-corrected chi connectivity index (χ3v) is 2.19. The molecule has 0 radical (unpaired) electrons. The molecule has 1 N–H and O–H groups in total. The Morgan fingerprint density at radius 2 is 2.31 bits per heavy atom. The van der Waals surface area contributed by atoms with Crippen LogP contribution < -0.4 is 0 Å². The van der Waals surface area contributed by atoms with Crippen molar-refractivity contribution in [2.75, 3.05) is 0 Å². The van der Waals surface area contributed by atoms with E-state index in [1.54, 1.807) is 0 Å². The molecule has 0 spiro atoms. The molecule has 1 heterocycles. The zero-order valence-corrected chi connectivity index (χ0v) is 8.66. The van der Waals surface area contributed by atoms with Crippen molar-refractivity contribution in [3.63, 3.8) is 0 Å². The summed E-state index contributed by atoms with van der Waals surface area (Å²) < 4.78 is 0.561. The van der Waals surface area contributed by atoms with Gasteiger partial charge in [-0.05, 0) is 25.0 Å². The van der Waals surface area contributed by atoms with Crippen LogP contribution in [0.15, 0.2) is 6.07 Å². The number of hydrogen-bond donors (Lipinski definition) is 1. The summed E-state index contributed by atoms with van der Waals surface area (Å²) in [6.45, 7) is 4.05. The van der Waals surface area contributed by atoms with Gasteiger partial charge in [0.15, 0.2) is 0 Å². The lowest BCUT2D eigenvalue weighted by atomic mass is 10.1. The van der Waals surface area contributed by atoms with Crippen LogP contribution in [0.5, 0.6) is 0 Å². The quantitative estimate of drug-likeness (QED) is 0.732. The molecule has 0 unspecified atom stereocenters. The summed E-state index contributed by atoms with van der Waals surface area (Å²) in [5.74, 6) is 0. The van der Waals surface area contributed by atoms with Gasteiger partial charge in [-0.25, -0.2) is 0 Å². The second-order valence-corrected chi connectivity index (χ2v) is 3.45. The smallest absolute Gasteiger partial charge is 0.121 e. The largest absolute Gasteiger partial charge is 0.349 e. The van der Waals surface area contributed by atoms with E-state index in [1.807, 2.05) is 13.0 Å². The van der Waals surface area contributed by atoms with Crippen LogP contribution in [0.3, 0.4) is 0 Å². The van der Waals surface area contributed by atoms with Crippen LogP contribution in [0.25, 0.3) is 0 Å². The molecule has 13 heavy (non-hydrogen) atoms. The number of aryl methyl sites for hydroxylation is 2. The number of aromatic nitrogens is 1. The van der Waals surface area contributed by atoms with E-state index in [2.05, 4.69) is 18.0 Å². The predicted molar refractivity (Wildman–Crippen MR) is 55.1 cm³/mol. The zero-order chi connectivity index (χ0) is 9.84. The minimum Gasteiger partial charge on any atom is -0.349 e. The lowest BCUT2D eigenvalue weighted by Crippen LogP contribution is -1.95. The normalized spacial score (nSPS) is 9.62. The first-order valence-corrected chi connectivity index (χ1v) is 4.72. The van der Waals surface area contributed by atoms with Crippen molar-refractivity contribution in [2.45, 2.75) is 26.7 Å². The van der Waals surface area contributed by atoms with Crippen molar-refractivity contribution in [3.8, 4) is 6.07 Å². The zero-order valence-electron chi connectivity index (χ0n) is 7.85. The molecule has 68 valence electrons. The molecule has 0 saturated heterocycles. The number of rotatable bonds is 2.